The fraction of sp³-hybridized carbons (Fsp3) is 0.273. The minimum Gasteiger partial charge on any atom is -0.459 e. The number of hydrogen-bond acceptors (Lipinski definition) is 7. The lowest BCUT2D eigenvalue weighted by Gasteiger charge is -1.99. The Balaban J connectivity index is 1.81. The van der Waals surface area contributed by atoms with Gasteiger partial charge in [0.1, 0.15) is 0 Å². The van der Waals surface area contributed by atoms with Crippen LogP contribution in [0.2, 0.25) is 0 Å². The molecule has 0 radical (unpaired) electrons. The Morgan fingerprint density at radius 1 is 1.53 bits per heavy atom. The molecule has 0 saturated heterocycles. The summed E-state index contributed by atoms with van der Waals surface area (Å²) < 4.78 is 10.4. The number of carbonyl (C=O) groups excluding carboxylic acids is 1. The maximum atomic E-state index is 11.4. The average Bonchev–Trinajstić information content (AvgIpc) is 3.07. The molecule has 19 heavy (non-hydrogen) atoms. The molecule has 0 aliphatic carbocycles. The molecule has 0 aliphatic heterocycles. The third-order valence-corrected chi connectivity index (χ3v) is 2.84. The summed E-state index contributed by atoms with van der Waals surface area (Å²) in [5.74, 6) is 0.735. The predicted molar refractivity (Wildman–Crippen MR) is 66.0 cm³/mol. The second-order valence-corrected chi connectivity index (χ2v) is 4.32. The molecule has 0 fully saturated rings. The molecule has 0 spiro atoms. The number of furan rings is 1. The zero-order valence-corrected chi connectivity index (χ0v) is 10.6. The number of rotatable bonds is 6. The summed E-state index contributed by atoms with van der Waals surface area (Å²) in [6.07, 6.45) is 1.80. The molecule has 98 valence electrons. The molecule has 0 unspecified atom stereocenters. The molecule has 2 aromatic heterocycles. The number of nitriles is 1. The number of nitrogens with one attached hydrogen (secondary N) is 1. The quantitative estimate of drug-likeness (QED) is 0.629. The Labute approximate surface area is 113 Å². The van der Waals surface area contributed by atoms with Gasteiger partial charge >= 0.3 is 0 Å². The summed E-state index contributed by atoms with van der Waals surface area (Å²) in [7, 11) is 0. The van der Waals surface area contributed by atoms with Crippen molar-refractivity contribution in [2.24, 2.45) is 0 Å². The topological polar surface area (TPSA) is 105 Å². The highest BCUT2D eigenvalue weighted by atomic mass is 32.2. The average molecular weight is 278 g/mol. The highest BCUT2D eigenvalue weighted by Gasteiger charge is 2.12. The third kappa shape index (κ3) is 3.86. The first-order valence-corrected chi connectivity index (χ1v) is 6.42. The molecule has 2 aromatic rings. The van der Waals surface area contributed by atoms with E-state index in [1.54, 1.807) is 12.1 Å². The van der Waals surface area contributed by atoms with Gasteiger partial charge in [-0.25, -0.2) is 0 Å². The fourth-order valence-corrected chi connectivity index (χ4v) is 1.80. The van der Waals surface area contributed by atoms with Crippen LogP contribution in [0.5, 0.6) is 0 Å². The molecule has 0 atom stereocenters. The van der Waals surface area contributed by atoms with Gasteiger partial charge in [-0.2, -0.15) is 5.26 Å². The van der Waals surface area contributed by atoms with Crippen LogP contribution < -0.4 is 5.32 Å². The van der Waals surface area contributed by atoms with E-state index in [9.17, 15) is 4.79 Å². The van der Waals surface area contributed by atoms with Gasteiger partial charge in [0.25, 0.3) is 11.1 Å². The van der Waals surface area contributed by atoms with E-state index in [1.165, 1.54) is 6.26 Å². The predicted octanol–water partition coefficient (Wildman–Crippen LogP) is 1.45. The number of amides is 1. The largest absolute Gasteiger partial charge is 0.459 e. The lowest BCUT2D eigenvalue weighted by atomic mass is 10.4. The number of aromatic nitrogens is 2. The highest BCUT2D eigenvalue weighted by Crippen LogP contribution is 2.22. The Morgan fingerprint density at radius 2 is 2.42 bits per heavy atom. The summed E-state index contributed by atoms with van der Waals surface area (Å²) in [5.41, 5.74) is 0. The molecule has 0 aliphatic rings. The van der Waals surface area contributed by atoms with Crippen LogP contribution in [0.25, 0.3) is 11.7 Å². The fourth-order valence-electron chi connectivity index (χ4n) is 1.20. The molecule has 1 N–H and O–H groups in total. The van der Waals surface area contributed by atoms with E-state index < -0.39 is 0 Å². The summed E-state index contributed by atoms with van der Waals surface area (Å²) >= 11 is 1.13. The molecule has 8 heteroatoms. The lowest BCUT2D eigenvalue weighted by Crippen LogP contribution is -2.25. The van der Waals surface area contributed by atoms with E-state index in [-0.39, 0.29) is 17.6 Å². The van der Waals surface area contributed by atoms with Crippen molar-refractivity contribution in [2.75, 3.05) is 12.3 Å². The molecular formula is C11H10N4O3S. The number of hydrogen-bond donors (Lipinski definition) is 1. The van der Waals surface area contributed by atoms with Crippen LogP contribution in [-0.2, 0) is 4.79 Å². The van der Waals surface area contributed by atoms with Crippen molar-refractivity contribution in [3.63, 3.8) is 0 Å². The van der Waals surface area contributed by atoms with Crippen molar-refractivity contribution in [3.05, 3.63) is 18.4 Å². The maximum absolute atomic E-state index is 11.4. The minimum absolute atomic E-state index is 0.158. The van der Waals surface area contributed by atoms with E-state index in [2.05, 4.69) is 15.5 Å². The first kappa shape index (κ1) is 13.2. The number of thioether (sulfide) groups is 1. The van der Waals surface area contributed by atoms with Gasteiger partial charge < -0.3 is 14.2 Å². The van der Waals surface area contributed by atoms with Crippen molar-refractivity contribution < 1.29 is 13.6 Å². The van der Waals surface area contributed by atoms with Gasteiger partial charge in [-0.15, -0.1) is 10.2 Å². The summed E-state index contributed by atoms with van der Waals surface area (Å²) in [6, 6.07) is 5.37. The normalized spacial score (nSPS) is 10.1. The van der Waals surface area contributed by atoms with Gasteiger partial charge in [-0.3, -0.25) is 4.79 Å². The summed E-state index contributed by atoms with van der Waals surface area (Å²) in [5, 5.41) is 18.8. The van der Waals surface area contributed by atoms with E-state index in [4.69, 9.17) is 14.1 Å². The highest BCUT2D eigenvalue weighted by molar-refractivity contribution is 7.99. The van der Waals surface area contributed by atoms with Crippen molar-refractivity contribution in [2.45, 2.75) is 11.6 Å². The van der Waals surface area contributed by atoms with Gasteiger partial charge in [-0.1, -0.05) is 11.8 Å². The Hall–Kier alpha value is -2.27. The van der Waals surface area contributed by atoms with E-state index in [1.807, 2.05) is 6.07 Å². The molecule has 1 amide bonds. The zero-order valence-electron chi connectivity index (χ0n) is 9.83. The zero-order chi connectivity index (χ0) is 13.5. The second-order valence-electron chi connectivity index (χ2n) is 3.40. The molecule has 0 aromatic carbocycles. The van der Waals surface area contributed by atoms with Crippen molar-refractivity contribution in [1.82, 2.24) is 15.5 Å². The van der Waals surface area contributed by atoms with Crippen molar-refractivity contribution in [1.29, 1.82) is 5.26 Å². The molecule has 0 bridgehead atoms. The first-order chi connectivity index (χ1) is 9.29. The molecule has 2 rings (SSSR count). The molecule has 7 nitrogen and oxygen atoms in total. The van der Waals surface area contributed by atoms with Crippen LogP contribution in [0, 0.1) is 11.3 Å². The van der Waals surface area contributed by atoms with Gasteiger partial charge in [0.2, 0.25) is 5.91 Å². The molecule has 0 saturated carbocycles. The Bertz CT molecular complexity index is 573. The van der Waals surface area contributed by atoms with E-state index in [0.717, 1.165) is 11.8 Å². The maximum Gasteiger partial charge on any atom is 0.284 e. The smallest absolute Gasteiger partial charge is 0.284 e. The Morgan fingerprint density at radius 3 is 3.16 bits per heavy atom. The minimum atomic E-state index is -0.182. The molecule has 2 heterocycles. The van der Waals surface area contributed by atoms with E-state index in [0.29, 0.717) is 23.9 Å². The number of carbonyl (C=O) groups is 1. The number of nitrogens with zero attached hydrogens (tertiary/aromatic N) is 3. The van der Waals surface area contributed by atoms with Gasteiger partial charge in [-0.05, 0) is 12.1 Å². The summed E-state index contributed by atoms with van der Waals surface area (Å²) in [6.45, 7) is 0.345. The SMILES string of the molecule is N#CCCNC(=O)CSc1nnc(-c2ccco2)o1. The first-order valence-electron chi connectivity index (χ1n) is 5.43. The van der Waals surface area contributed by atoms with Crippen LogP contribution >= 0.6 is 11.8 Å². The van der Waals surface area contributed by atoms with Crippen molar-refractivity contribution in [3.8, 4) is 17.7 Å². The van der Waals surface area contributed by atoms with Crippen LogP contribution in [0.1, 0.15) is 6.42 Å². The standard InChI is InChI=1S/C11H10N4O3S/c12-4-2-5-13-9(16)7-19-11-15-14-10(18-11)8-3-1-6-17-8/h1,3,6H,2,5,7H2,(H,13,16). The van der Waals surface area contributed by atoms with Gasteiger partial charge in [0.15, 0.2) is 5.76 Å². The molecular weight excluding hydrogens is 268 g/mol. The van der Waals surface area contributed by atoms with Crippen LogP contribution in [0.3, 0.4) is 0 Å². The lowest BCUT2D eigenvalue weighted by molar-refractivity contribution is -0.118. The monoisotopic (exact) mass is 278 g/mol. The second kappa shape index (κ2) is 6.61. The van der Waals surface area contributed by atoms with Crippen LogP contribution in [-0.4, -0.2) is 28.4 Å². The van der Waals surface area contributed by atoms with Crippen molar-refractivity contribution >= 4 is 17.7 Å². The van der Waals surface area contributed by atoms with Crippen LogP contribution in [0.15, 0.2) is 32.5 Å². The third-order valence-electron chi connectivity index (χ3n) is 2.02. The summed E-state index contributed by atoms with van der Waals surface area (Å²) in [4.78, 5) is 11.4. The van der Waals surface area contributed by atoms with Gasteiger partial charge in [0, 0.05) is 6.54 Å². The Kier molecular flexibility index (Phi) is 4.58. The van der Waals surface area contributed by atoms with E-state index >= 15 is 0 Å². The van der Waals surface area contributed by atoms with Gasteiger partial charge in [0.05, 0.1) is 24.5 Å². The van der Waals surface area contributed by atoms with Crippen LogP contribution in [0.4, 0.5) is 0 Å².